The van der Waals surface area contributed by atoms with Crippen molar-refractivity contribution in [2.75, 3.05) is 5.75 Å². The second-order valence-electron chi connectivity index (χ2n) is 5.83. The first-order valence-electron chi connectivity index (χ1n) is 7.58. The first kappa shape index (κ1) is 15.8. The van der Waals surface area contributed by atoms with Crippen LogP contribution in [0.2, 0.25) is 0 Å². The predicted molar refractivity (Wildman–Crippen MR) is 90.6 cm³/mol. The number of aromatic nitrogens is 2. The molecule has 6 heteroatoms. The summed E-state index contributed by atoms with van der Waals surface area (Å²) >= 11 is 1.53. The van der Waals surface area contributed by atoms with Crippen LogP contribution >= 0.6 is 11.8 Å². The number of amides is 1. The minimum atomic E-state index is -0.118. The standard InChI is InChI=1S/C17H19N3O2S/c1-11-3-5-13(6-4-11)9-18-15(21)7-14-10-23-17-19-8-12(2)16(22)20(14)17/h3-6,8,14H,7,9-10H2,1-2H3,(H,18,21). The van der Waals surface area contributed by atoms with Crippen molar-refractivity contribution in [3.63, 3.8) is 0 Å². The third kappa shape index (κ3) is 3.47. The predicted octanol–water partition coefficient (Wildman–Crippen LogP) is 2.21. The van der Waals surface area contributed by atoms with Crippen molar-refractivity contribution in [1.82, 2.24) is 14.9 Å². The minimum Gasteiger partial charge on any atom is -0.352 e. The van der Waals surface area contributed by atoms with E-state index in [2.05, 4.69) is 10.3 Å². The molecule has 1 aliphatic rings. The molecule has 0 saturated heterocycles. The summed E-state index contributed by atoms with van der Waals surface area (Å²) in [6.07, 6.45) is 1.90. The molecule has 5 nitrogen and oxygen atoms in total. The zero-order chi connectivity index (χ0) is 16.4. The van der Waals surface area contributed by atoms with Crippen molar-refractivity contribution in [3.8, 4) is 0 Å². The van der Waals surface area contributed by atoms with Gasteiger partial charge in [0.15, 0.2) is 5.16 Å². The third-order valence-corrected chi connectivity index (χ3v) is 5.04. The number of nitrogens with one attached hydrogen (secondary N) is 1. The maximum absolute atomic E-state index is 12.2. The first-order chi connectivity index (χ1) is 11.0. The lowest BCUT2D eigenvalue weighted by molar-refractivity contribution is -0.121. The van der Waals surface area contributed by atoms with Gasteiger partial charge in [-0.05, 0) is 19.4 Å². The average Bonchev–Trinajstić information content (AvgIpc) is 2.94. The molecule has 0 fully saturated rings. The molecule has 1 atom stereocenters. The van der Waals surface area contributed by atoms with E-state index in [0.29, 0.717) is 29.4 Å². The highest BCUT2D eigenvalue weighted by atomic mass is 32.2. The van der Waals surface area contributed by atoms with Gasteiger partial charge in [0.05, 0.1) is 6.04 Å². The highest BCUT2D eigenvalue weighted by molar-refractivity contribution is 7.99. The number of aryl methyl sites for hydroxylation is 2. The molecule has 0 bridgehead atoms. The maximum atomic E-state index is 12.2. The molecule has 1 N–H and O–H groups in total. The van der Waals surface area contributed by atoms with Crippen LogP contribution in [0.1, 0.15) is 29.2 Å². The number of nitrogens with zero attached hydrogens (tertiary/aromatic N) is 2. The van der Waals surface area contributed by atoms with Gasteiger partial charge in [-0.1, -0.05) is 41.6 Å². The molecule has 0 aliphatic carbocycles. The molecule has 1 amide bonds. The fourth-order valence-electron chi connectivity index (χ4n) is 2.56. The molecule has 3 rings (SSSR count). The largest absolute Gasteiger partial charge is 0.352 e. The van der Waals surface area contributed by atoms with Gasteiger partial charge in [-0.15, -0.1) is 0 Å². The second-order valence-corrected chi connectivity index (χ2v) is 6.82. The molecule has 23 heavy (non-hydrogen) atoms. The van der Waals surface area contributed by atoms with Crippen molar-refractivity contribution >= 4 is 17.7 Å². The van der Waals surface area contributed by atoms with Crippen molar-refractivity contribution in [2.45, 2.75) is 38.0 Å². The summed E-state index contributed by atoms with van der Waals surface area (Å²) in [5.41, 5.74) is 2.83. The highest BCUT2D eigenvalue weighted by Crippen LogP contribution is 2.31. The van der Waals surface area contributed by atoms with Gasteiger partial charge < -0.3 is 5.32 Å². The minimum absolute atomic E-state index is 0.0440. The van der Waals surface area contributed by atoms with Gasteiger partial charge in [0, 0.05) is 30.5 Å². The van der Waals surface area contributed by atoms with Crippen LogP contribution in [0.3, 0.4) is 0 Å². The summed E-state index contributed by atoms with van der Waals surface area (Å²) in [7, 11) is 0. The van der Waals surface area contributed by atoms with E-state index >= 15 is 0 Å². The Morgan fingerprint density at radius 3 is 2.83 bits per heavy atom. The molecule has 2 heterocycles. The van der Waals surface area contributed by atoms with Gasteiger partial charge in [-0.2, -0.15) is 0 Å². The summed E-state index contributed by atoms with van der Waals surface area (Å²) in [6.45, 7) is 4.29. The number of rotatable bonds is 4. The van der Waals surface area contributed by atoms with Gasteiger partial charge in [0.25, 0.3) is 5.56 Å². The van der Waals surface area contributed by atoms with Crippen LogP contribution in [0.5, 0.6) is 0 Å². The number of thioether (sulfide) groups is 1. The number of hydrogen-bond donors (Lipinski definition) is 1. The highest BCUT2D eigenvalue weighted by Gasteiger charge is 2.27. The van der Waals surface area contributed by atoms with E-state index in [1.54, 1.807) is 17.7 Å². The smallest absolute Gasteiger partial charge is 0.257 e. The SMILES string of the molecule is Cc1ccc(CNC(=O)CC2CSc3ncc(C)c(=O)n32)cc1. The van der Waals surface area contributed by atoms with Gasteiger partial charge in [-0.25, -0.2) is 4.98 Å². The molecule has 1 aromatic heterocycles. The number of carbonyl (C=O) groups excluding carboxylic acids is 1. The van der Waals surface area contributed by atoms with Gasteiger partial charge in [-0.3, -0.25) is 14.2 Å². The van der Waals surface area contributed by atoms with Crippen molar-refractivity contribution in [1.29, 1.82) is 0 Å². The Kier molecular flexibility index (Phi) is 4.52. The number of fused-ring (bicyclic) bond motifs is 1. The summed E-state index contributed by atoms with van der Waals surface area (Å²) in [5.74, 6) is 0.668. The van der Waals surface area contributed by atoms with Gasteiger partial charge in [0.2, 0.25) is 5.91 Å². The molecule has 0 saturated carbocycles. The van der Waals surface area contributed by atoms with Crippen LogP contribution in [0.4, 0.5) is 0 Å². The molecular formula is C17H19N3O2S. The van der Waals surface area contributed by atoms with Crippen LogP contribution < -0.4 is 10.9 Å². The number of carbonyl (C=O) groups is 1. The van der Waals surface area contributed by atoms with E-state index in [-0.39, 0.29) is 17.5 Å². The van der Waals surface area contributed by atoms with Crippen molar-refractivity contribution in [3.05, 3.63) is 57.5 Å². The molecule has 0 spiro atoms. The molecule has 0 radical (unpaired) electrons. The van der Waals surface area contributed by atoms with E-state index in [1.807, 2.05) is 31.2 Å². The van der Waals surface area contributed by atoms with Crippen molar-refractivity contribution < 1.29 is 4.79 Å². The molecule has 120 valence electrons. The second kappa shape index (κ2) is 6.58. The van der Waals surface area contributed by atoms with Gasteiger partial charge in [0.1, 0.15) is 0 Å². The zero-order valence-corrected chi connectivity index (χ0v) is 14.0. The van der Waals surface area contributed by atoms with Crippen LogP contribution in [0.25, 0.3) is 0 Å². The average molecular weight is 329 g/mol. The van der Waals surface area contributed by atoms with Gasteiger partial charge >= 0.3 is 0 Å². The summed E-state index contributed by atoms with van der Waals surface area (Å²) in [6, 6.07) is 7.95. The topological polar surface area (TPSA) is 64.0 Å². The van der Waals surface area contributed by atoms with E-state index in [4.69, 9.17) is 0 Å². The zero-order valence-electron chi connectivity index (χ0n) is 13.2. The first-order valence-corrected chi connectivity index (χ1v) is 8.56. The number of hydrogen-bond acceptors (Lipinski definition) is 4. The Balaban J connectivity index is 1.63. The summed E-state index contributed by atoms with van der Waals surface area (Å²) < 4.78 is 1.66. The lowest BCUT2D eigenvalue weighted by atomic mass is 10.1. The van der Waals surface area contributed by atoms with E-state index in [9.17, 15) is 9.59 Å². The molecule has 2 aromatic rings. The Hall–Kier alpha value is -2.08. The Bertz CT molecular complexity index is 783. The molecule has 1 unspecified atom stereocenters. The maximum Gasteiger partial charge on any atom is 0.257 e. The fourth-order valence-corrected chi connectivity index (χ4v) is 3.67. The van der Waals surface area contributed by atoms with E-state index < -0.39 is 0 Å². The normalized spacial score (nSPS) is 16.2. The van der Waals surface area contributed by atoms with Crippen LogP contribution in [0.15, 0.2) is 40.4 Å². The molecule has 1 aliphatic heterocycles. The van der Waals surface area contributed by atoms with E-state index in [0.717, 1.165) is 5.56 Å². The lowest BCUT2D eigenvalue weighted by Gasteiger charge is -2.13. The summed E-state index contributed by atoms with van der Waals surface area (Å²) in [4.78, 5) is 28.7. The van der Waals surface area contributed by atoms with Crippen LogP contribution in [0, 0.1) is 13.8 Å². The number of benzene rings is 1. The van der Waals surface area contributed by atoms with Crippen LogP contribution in [-0.2, 0) is 11.3 Å². The third-order valence-electron chi connectivity index (χ3n) is 3.93. The fraction of sp³-hybridized carbons (Fsp3) is 0.353. The molecule has 1 aromatic carbocycles. The summed E-state index contributed by atoms with van der Waals surface area (Å²) in [5, 5.41) is 3.63. The Morgan fingerprint density at radius 1 is 1.35 bits per heavy atom. The Morgan fingerprint density at radius 2 is 2.09 bits per heavy atom. The quantitative estimate of drug-likeness (QED) is 0.874. The van der Waals surface area contributed by atoms with Crippen molar-refractivity contribution in [2.24, 2.45) is 0 Å². The molecular weight excluding hydrogens is 310 g/mol. The lowest BCUT2D eigenvalue weighted by Crippen LogP contribution is -2.31. The van der Waals surface area contributed by atoms with Crippen LogP contribution in [-0.4, -0.2) is 21.2 Å². The monoisotopic (exact) mass is 329 g/mol. The Labute approximate surface area is 139 Å². The van der Waals surface area contributed by atoms with E-state index in [1.165, 1.54) is 17.3 Å².